The fourth-order valence-electron chi connectivity index (χ4n) is 2.61. The van der Waals surface area contributed by atoms with Crippen molar-refractivity contribution in [3.05, 3.63) is 89.6 Å². The topological polar surface area (TPSA) is 76.4 Å². The predicted octanol–water partition coefficient (Wildman–Crippen LogP) is 3.64. The molecule has 0 radical (unpaired) electrons. The number of rotatable bonds is 6. The summed E-state index contributed by atoms with van der Waals surface area (Å²) in [5.74, 6) is -3.86. The number of amides is 1. The van der Waals surface area contributed by atoms with Crippen LogP contribution in [0.25, 0.3) is 0 Å². The zero-order valence-electron chi connectivity index (χ0n) is 14.2. The lowest BCUT2D eigenvalue weighted by atomic mass is 10.2. The molecule has 1 amide bonds. The molecule has 0 aliphatic carbocycles. The van der Waals surface area contributed by atoms with E-state index in [4.69, 9.17) is 4.42 Å². The number of benzene rings is 2. The normalized spacial score (nSPS) is 12.5. The van der Waals surface area contributed by atoms with Crippen LogP contribution in [0.1, 0.15) is 21.4 Å². The molecule has 1 unspecified atom stereocenters. The fraction of sp³-hybridized carbons (Fsp3) is 0.105. The molecule has 0 spiro atoms. The highest BCUT2D eigenvalue weighted by Gasteiger charge is 2.32. The van der Waals surface area contributed by atoms with Gasteiger partial charge in [0.25, 0.3) is 5.91 Å². The van der Waals surface area contributed by atoms with E-state index < -0.39 is 50.6 Å². The molecule has 1 atom stereocenters. The van der Waals surface area contributed by atoms with Crippen molar-refractivity contribution in [1.82, 2.24) is 5.32 Å². The summed E-state index contributed by atoms with van der Waals surface area (Å²) >= 11 is 0. The summed E-state index contributed by atoms with van der Waals surface area (Å²) in [6.07, 6.45) is 1.25. The lowest BCUT2D eigenvalue weighted by molar-refractivity contribution is 0.0944. The van der Waals surface area contributed by atoms with Crippen molar-refractivity contribution < 1.29 is 30.8 Å². The molecule has 0 fully saturated rings. The van der Waals surface area contributed by atoms with Crippen molar-refractivity contribution in [2.75, 3.05) is 6.54 Å². The third-order valence-electron chi connectivity index (χ3n) is 4.02. The van der Waals surface area contributed by atoms with Crippen LogP contribution in [0.5, 0.6) is 0 Å². The highest BCUT2D eigenvalue weighted by Crippen LogP contribution is 2.29. The summed E-state index contributed by atoms with van der Waals surface area (Å²) in [5, 5.41) is 0.841. The Kier molecular flexibility index (Phi) is 5.55. The first-order valence-corrected chi connectivity index (χ1v) is 9.60. The lowest BCUT2D eigenvalue weighted by Gasteiger charge is -2.17. The minimum atomic E-state index is -4.10. The second-order valence-electron chi connectivity index (χ2n) is 5.81. The van der Waals surface area contributed by atoms with E-state index in [0.717, 1.165) is 42.5 Å². The Morgan fingerprint density at radius 1 is 0.964 bits per heavy atom. The van der Waals surface area contributed by atoms with E-state index in [1.165, 1.54) is 18.4 Å². The highest BCUT2D eigenvalue weighted by atomic mass is 32.2. The fourth-order valence-corrected chi connectivity index (χ4v) is 4.20. The molecule has 5 nitrogen and oxygen atoms in total. The first-order valence-electron chi connectivity index (χ1n) is 8.06. The molecular weight excluding hydrogens is 395 g/mol. The molecular formula is C19H14F3NO4S. The first-order chi connectivity index (χ1) is 13.3. The zero-order valence-corrected chi connectivity index (χ0v) is 15.0. The molecule has 0 saturated carbocycles. The number of hydrogen-bond acceptors (Lipinski definition) is 4. The van der Waals surface area contributed by atoms with Gasteiger partial charge in [0.1, 0.15) is 34.0 Å². The average molecular weight is 409 g/mol. The van der Waals surface area contributed by atoms with Crippen molar-refractivity contribution >= 4 is 15.7 Å². The standard InChI is InChI=1S/C19H14F3NO4S/c20-12-6-8-13(9-7-12)28(25,26)17(16-5-2-10-27-16)11-23-19(24)18-14(21)3-1-4-15(18)22/h1-10,17H,11H2,(H,23,24). The summed E-state index contributed by atoms with van der Waals surface area (Å²) in [7, 11) is -4.10. The molecule has 3 aromatic rings. The van der Waals surface area contributed by atoms with Crippen LogP contribution in [0.4, 0.5) is 13.2 Å². The Balaban J connectivity index is 1.90. The SMILES string of the molecule is O=C(NCC(c1ccco1)S(=O)(=O)c1ccc(F)cc1)c1c(F)cccc1F. The van der Waals surface area contributed by atoms with Crippen molar-refractivity contribution in [1.29, 1.82) is 0 Å². The molecule has 9 heteroatoms. The van der Waals surface area contributed by atoms with Gasteiger partial charge in [0, 0.05) is 6.54 Å². The van der Waals surface area contributed by atoms with E-state index in [1.807, 2.05) is 0 Å². The quantitative estimate of drug-likeness (QED) is 0.631. The molecule has 146 valence electrons. The van der Waals surface area contributed by atoms with Gasteiger partial charge in [-0.15, -0.1) is 0 Å². The third-order valence-corrected chi connectivity index (χ3v) is 6.09. The maximum atomic E-state index is 13.8. The second-order valence-corrected chi connectivity index (χ2v) is 7.94. The van der Waals surface area contributed by atoms with E-state index in [1.54, 1.807) is 0 Å². The van der Waals surface area contributed by atoms with Crippen molar-refractivity contribution in [3.8, 4) is 0 Å². The van der Waals surface area contributed by atoms with Gasteiger partial charge in [-0.05, 0) is 48.5 Å². The summed E-state index contributed by atoms with van der Waals surface area (Å²) in [5.41, 5.74) is -0.820. The number of sulfone groups is 1. The molecule has 2 aromatic carbocycles. The van der Waals surface area contributed by atoms with Crippen molar-refractivity contribution in [2.24, 2.45) is 0 Å². The van der Waals surface area contributed by atoms with Crippen molar-refractivity contribution in [3.63, 3.8) is 0 Å². The summed E-state index contributed by atoms with van der Waals surface area (Å²) in [6.45, 7) is -0.514. The van der Waals surface area contributed by atoms with E-state index in [2.05, 4.69) is 5.32 Å². The molecule has 0 bridgehead atoms. The van der Waals surface area contributed by atoms with E-state index in [-0.39, 0.29) is 10.7 Å². The van der Waals surface area contributed by atoms with Gasteiger partial charge in [-0.25, -0.2) is 21.6 Å². The number of hydrogen-bond donors (Lipinski definition) is 1. The van der Waals surface area contributed by atoms with Gasteiger partial charge in [0.2, 0.25) is 0 Å². The molecule has 0 aliphatic heterocycles. The van der Waals surface area contributed by atoms with Crippen LogP contribution in [0, 0.1) is 17.5 Å². The summed E-state index contributed by atoms with van der Waals surface area (Å²) < 4.78 is 71.7. The molecule has 1 aromatic heterocycles. The second kappa shape index (κ2) is 7.89. The maximum Gasteiger partial charge on any atom is 0.257 e. The van der Waals surface area contributed by atoms with Gasteiger partial charge in [0.15, 0.2) is 9.84 Å². The van der Waals surface area contributed by atoms with E-state index >= 15 is 0 Å². The minimum Gasteiger partial charge on any atom is -0.468 e. The van der Waals surface area contributed by atoms with Crippen molar-refractivity contribution in [2.45, 2.75) is 10.1 Å². The van der Waals surface area contributed by atoms with Crippen LogP contribution < -0.4 is 5.32 Å². The number of carbonyl (C=O) groups excluding carboxylic acids is 1. The van der Waals surface area contributed by atoms with Gasteiger partial charge < -0.3 is 9.73 Å². The lowest BCUT2D eigenvalue weighted by Crippen LogP contribution is -2.32. The van der Waals surface area contributed by atoms with Crippen LogP contribution in [0.2, 0.25) is 0 Å². The van der Waals surface area contributed by atoms with Crippen LogP contribution in [-0.2, 0) is 9.84 Å². The third kappa shape index (κ3) is 3.94. The molecule has 1 N–H and O–H groups in total. The van der Waals surface area contributed by atoms with Gasteiger partial charge in [-0.1, -0.05) is 6.07 Å². The molecule has 1 heterocycles. The minimum absolute atomic E-state index is 0.0126. The van der Waals surface area contributed by atoms with Gasteiger partial charge >= 0.3 is 0 Å². The average Bonchev–Trinajstić information content (AvgIpc) is 3.16. The van der Waals surface area contributed by atoms with Crippen LogP contribution in [0.3, 0.4) is 0 Å². The Bertz CT molecular complexity index is 1060. The molecule has 3 rings (SSSR count). The first kappa shape index (κ1) is 19.7. The number of halogens is 3. The van der Waals surface area contributed by atoms with E-state index in [0.29, 0.717) is 0 Å². The Labute approximate surface area is 158 Å². The number of nitrogens with one attached hydrogen (secondary N) is 1. The molecule has 28 heavy (non-hydrogen) atoms. The van der Waals surface area contributed by atoms with Gasteiger partial charge in [0.05, 0.1) is 11.2 Å². The van der Waals surface area contributed by atoms with Gasteiger partial charge in [-0.2, -0.15) is 0 Å². The van der Waals surface area contributed by atoms with Crippen LogP contribution >= 0.6 is 0 Å². The molecule has 0 saturated heterocycles. The largest absolute Gasteiger partial charge is 0.468 e. The monoisotopic (exact) mass is 409 g/mol. The summed E-state index contributed by atoms with van der Waals surface area (Å²) in [4.78, 5) is 12.0. The van der Waals surface area contributed by atoms with Crippen LogP contribution in [0.15, 0.2) is 70.2 Å². The maximum absolute atomic E-state index is 13.8. The smallest absolute Gasteiger partial charge is 0.257 e. The highest BCUT2D eigenvalue weighted by molar-refractivity contribution is 7.91. The zero-order chi connectivity index (χ0) is 20.3. The van der Waals surface area contributed by atoms with Crippen LogP contribution in [-0.4, -0.2) is 20.9 Å². The summed E-state index contributed by atoms with van der Waals surface area (Å²) in [6, 6.07) is 9.92. The molecule has 0 aliphatic rings. The predicted molar refractivity (Wildman–Crippen MR) is 93.7 cm³/mol. The Morgan fingerprint density at radius 3 is 2.18 bits per heavy atom. The Hall–Kier alpha value is -3.07. The van der Waals surface area contributed by atoms with Gasteiger partial charge in [-0.3, -0.25) is 4.79 Å². The van der Waals surface area contributed by atoms with E-state index in [9.17, 15) is 26.4 Å². The number of carbonyl (C=O) groups is 1. The number of furan rings is 1. The Morgan fingerprint density at radius 2 is 1.61 bits per heavy atom.